The van der Waals surface area contributed by atoms with Gasteiger partial charge in [-0.05, 0) is 37.1 Å². The maximum Gasteiger partial charge on any atom is 0.319 e. The van der Waals surface area contributed by atoms with Gasteiger partial charge in [-0.15, -0.1) is 0 Å². The minimum Gasteiger partial charge on any atom is -0.394 e. The van der Waals surface area contributed by atoms with Gasteiger partial charge in [0.1, 0.15) is 17.5 Å². The molecule has 9 heteroatoms. The Bertz CT molecular complexity index is 1170. The summed E-state index contributed by atoms with van der Waals surface area (Å²) in [6, 6.07) is 16.5. The van der Waals surface area contributed by atoms with Gasteiger partial charge in [-0.25, -0.2) is 4.79 Å². The first-order valence-electron chi connectivity index (χ1n) is 11.3. The zero-order chi connectivity index (χ0) is 24.8. The summed E-state index contributed by atoms with van der Waals surface area (Å²) in [5, 5.41) is 21.9. The third kappa shape index (κ3) is 6.14. The monoisotopic (exact) mass is 476 g/mol. The molecule has 2 aromatic carbocycles. The van der Waals surface area contributed by atoms with Gasteiger partial charge in [0.2, 0.25) is 5.91 Å². The molecule has 0 saturated carbocycles. The number of rotatable bonds is 7. The lowest BCUT2D eigenvalue weighted by molar-refractivity contribution is -0.120. The van der Waals surface area contributed by atoms with Crippen LogP contribution in [0.5, 0.6) is 0 Å². The number of carbonyl (C=O) groups is 2. The topological polar surface area (TPSA) is 126 Å². The molecular weight excluding hydrogens is 448 g/mol. The lowest BCUT2D eigenvalue weighted by Crippen LogP contribution is -2.50. The Morgan fingerprint density at radius 1 is 0.971 bits per heavy atom. The molecule has 1 aromatic heterocycles. The predicted octanol–water partition coefficient (Wildman–Crippen LogP) is 3.79. The SMILES string of the molecule is Cc1noc(C)c1NC(=O)N[C@@H]1C=C[C@@H](CC(=O)Nc2ccc(-c3ccccc3)cc2)O[C@@H]1CO. The molecule has 1 aliphatic heterocycles. The number of anilines is 2. The lowest BCUT2D eigenvalue weighted by atomic mass is 10.0. The van der Waals surface area contributed by atoms with Gasteiger partial charge in [0.25, 0.3) is 0 Å². The number of carbonyl (C=O) groups excluding carboxylic acids is 2. The fourth-order valence-corrected chi connectivity index (χ4v) is 3.87. The first-order chi connectivity index (χ1) is 16.9. The lowest BCUT2D eigenvalue weighted by Gasteiger charge is -2.31. The summed E-state index contributed by atoms with van der Waals surface area (Å²) >= 11 is 0. The van der Waals surface area contributed by atoms with Crippen molar-refractivity contribution < 1.29 is 24.0 Å². The Balaban J connectivity index is 1.30. The van der Waals surface area contributed by atoms with Crippen molar-refractivity contribution in [2.45, 2.75) is 38.5 Å². The number of urea groups is 1. The molecule has 4 N–H and O–H groups in total. The van der Waals surface area contributed by atoms with Crippen LogP contribution in [0.3, 0.4) is 0 Å². The van der Waals surface area contributed by atoms with Crippen molar-refractivity contribution in [2.75, 3.05) is 17.2 Å². The standard InChI is InChI=1S/C26H28N4O5/c1-16-25(17(2)35-30-16)29-26(33)28-22-13-12-21(34-23(22)15-31)14-24(32)27-20-10-8-19(9-11-20)18-6-4-3-5-7-18/h3-13,21-23,31H,14-15H2,1-2H3,(H,27,32)(H2,28,29,33)/t21-,22+,23+/m0/s1. The summed E-state index contributed by atoms with van der Waals surface area (Å²) in [5.41, 5.74) is 3.90. The molecule has 0 spiro atoms. The van der Waals surface area contributed by atoms with Crippen LogP contribution in [-0.2, 0) is 9.53 Å². The van der Waals surface area contributed by atoms with E-state index in [4.69, 9.17) is 9.26 Å². The molecule has 0 saturated heterocycles. The van der Waals surface area contributed by atoms with Crippen LogP contribution in [0.4, 0.5) is 16.2 Å². The van der Waals surface area contributed by atoms with E-state index in [2.05, 4.69) is 21.1 Å². The van der Waals surface area contributed by atoms with Crippen LogP contribution in [0.2, 0.25) is 0 Å². The molecule has 0 fully saturated rings. The van der Waals surface area contributed by atoms with E-state index in [1.54, 1.807) is 26.0 Å². The van der Waals surface area contributed by atoms with Gasteiger partial charge in [0.05, 0.1) is 25.2 Å². The Kier molecular flexibility index (Phi) is 7.59. The molecule has 2 heterocycles. The molecule has 4 rings (SSSR count). The van der Waals surface area contributed by atoms with Crippen molar-refractivity contribution in [2.24, 2.45) is 0 Å². The van der Waals surface area contributed by atoms with E-state index in [9.17, 15) is 14.7 Å². The molecule has 9 nitrogen and oxygen atoms in total. The summed E-state index contributed by atoms with van der Waals surface area (Å²) in [6.45, 7) is 3.10. The number of nitrogens with zero attached hydrogens (tertiary/aromatic N) is 1. The number of amides is 3. The number of ether oxygens (including phenoxy) is 1. The molecule has 3 aromatic rings. The Morgan fingerprint density at radius 3 is 2.34 bits per heavy atom. The van der Waals surface area contributed by atoms with E-state index in [0.29, 0.717) is 22.8 Å². The van der Waals surface area contributed by atoms with Crippen molar-refractivity contribution in [3.63, 3.8) is 0 Å². The van der Waals surface area contributed by atoms with Gasteiger partial charge in [-0.1, -0.05) is 59.8 Å². The smallest absolute Gasteiger partial charge is 0.319 e. The minimum absolute atomic E-state index is 0.0748. The zero-order valence-electron chi connectivity index (χ0n) is 19.5. The van der Waals surface area contributed by atoms with Crippen LogP contribution >= 0.6 is 0 Å². The molecule has 0 aliphatic carbocycles. The number of aliphatic hydroxyl groups is 1. The third-order valence-electron chi connectivity index (χ3n) is 5.70. The summed E-state index contributed by atoms with van der Waals surface area (Å²) in [4.78, 5) is 24.9. The highest BCUT2D eigenvalue weighted by molar-refractivity contribution is 5.92. The van der Waals surface area contributed by atoms with Crippen LogP contribution in [0.15, 0.2) is 71.3 Å². The van der Waals surface area contributed by atoms with Crippen molar-refractivity contribution in [1.82, 2.24) is 10.5 Å². The number of hydrogen-bond acceptors (Lipinski definition) is 6. The second-order valence-electron chi connectivity index (χ2n) is 8.30. The van der Waals surface area contributed by atoms with Crippen LogP contribution in [0.1, 0.15) is 17.9 Å². The number of hydrogen-bond donors (Lipinski definition) is 4. The number of nitrogens with one attached hydrogen (secondary N) is 3. The van der Waals surface area contributed by atoms with Crippen LogP contribution in [0, 0.1) is 13.8 Å². The molecule has 35 heavy (non-hydrogen) atoms. The number of aromatic nitrogens is 1. The summed E-state index contributed by atoms with van der Waals surface area (Å²) in [5.74, 6) is 0.277. The maximum atomic E-state index is 12.5. The van der Waals surface area contributed by atoms with Gasteiger partial charge < -0.3 is 30.3 Å². The highest BCUT2D eigenvalue weighted by Gasteiger charge is 2.29. The molecule has 3 amide bonds. The van der Waals surface area contributed by atoms with E-state index < -0.39 is 24.3 Å². The van der Waals surface area contributed by atoms with Crippen molar-refractivity contribution in [1.29, 1.82) is 0 Å². The number of aryl methyl sites for hydroxylation is 2. The highest BCUT2D eigenvalue weighted by Crippen LogP contribution is 2.22. The molecule has 3 atom stereocenters. The normalized spacial score (nSPS) is 19.2. The average molecular weight is 477 g/mol. The van der Waals surface area contributed by atoms with E-state index in [-0.39, 0.29) is 18.9 Å². The van der Waals surface area contributed by atoms with Gasteiger partial charge in [0.15, 0.2) is 5.76 Å². The molecule has 0 radical (unpaired) electrons. The van der Waals surface area contributed by atoms with Crippen molar-refractivity contribution in [3.05, 3.63) is 78.2 Å². The summed E-state index contributed by atoms with van der Waals surface area (Å²) in [6.07, 6.45) is 2.29. The van der Waals surface area contributed by atoms with Gasteiger partial charge >= 0.3 is 6.03 Å². The second-order valence-corrected chi connectivity index (χ2v) is 8.30. The first-order valence-corrected chi connectivity index (χ1v) is 11.3. The highest BCUT2D eigenvalue weighted by atomic mass is 16.5. The summed E-state index contributed by atoms with van der Waals surface area (Å²) < 4.78 is 10.9. The van der Waals surface area contributed by atoms with Crippen molar-refractivity contribution in [3.8, 4) is 11.1 Å². The van der Waals surface area contributed by atoms with Gasteiger partial charge in [0, 0.05) is 5.69 Å². The summed E-state index contributed by atoms with van der Waals surface area (Å²) in [7, 11) is 0. The predicted molar refractivity (Wildman–Crippen MR) is 132 cm³/mol. The van der Waals surface area contributed by atoms with Crippen molar-refractivity contribution >= 4 is 23.3 Å². The van der Waals surface area contributed by atoms with E-state index in [1.165, 1.54) is 0 Å². The third-order valence-corrected chi connectivity index (χ3v) is 5.70. The average Bonchev–Trinajstić information content (AvgIpc) is 3.18. The molecule has 182 valence electrons. The Labute approximate surface area is 203 Å². The van der Waals surface area contributed by atoms with Crippen LogP contribution < -0.4 is 16.0 Å². The molecule has 0 bridgehead atoms. The molecule has 1 aliphatic rings. The maximum absolute atomic E-state index is 12.5. The first kappa shape index (κ1) is 24.2. The number of benzene rings is 2. The second kappa shape index (κ2) is 11.0. The van der Waals surface area contributed by atoms with Gasteiger partial charge in [-0.3, -0.25) is 4.79 Å². The van der Waals surface area contributed by atoms with Crippen LogP contribution in [0.25, 0.3) is 11.1 Å². The fraction of sp³-hybridized carbons (Fsp3) is 0.269. The quantitative estimate of drug-likeness (QED) is 0.385. The molecular formula is C26H28N4O5. The zero-order valence-corrected chi connectivity index (χ0v) is 19.5. The Morgan fingerprint density at radius 2 is 1.69 bits per heavy atom. The van der Waals surface area contributed by atoms with E-state index >= 15 is 0 Å². The minimum atomic E-state index is -0.696. The Hall–Kier alpha value is -3.95. The number of aliphatic hydroxyl groups excluding tert-OH is 1. The fourth-order valence-electron chi connectivity index (χ4n) is 3.87. The van der Waals surface area contributed by atoms with E-state index in [1.807, 2.05) is 54.6 Å². The van der Waals surface area contributed by atoms with E-state index in [0.717, 1.165) is 11.1 Å². The molecule has 0 unspecified atom stereocenters. The van der Waals surface area contributed by atoms with Crippen LogP contribution in [-0.4, -0.2) is 47.1 Å². The van der Waals surface area contributed by atoms with Gasteiger partial charge in [-0.2, -0.15) is 0 Å². The largest absolute Gasteiger partial charge is 0.394 e.